The first kappa shape index (κ1) is 16.5. The van der Waals surface area contributed by atoms with E-state index in [1.165, 1.54) is 0 Å². The number of benzene rings is 1. The van der Waals surface area contributed by atoms with Crippen LogP contribution in [0, 0.1) is 0 Å². The molecule has 0 aliphatic carbocycles. The van der Waals surface area contributed by atoms with Crippen molar-refractivity contribution in [3.8, 4) is 0 Å². The van der Waals surface area contributed by atoms with Gasteiger partial charge in [0.25, 0.3) is 0 Å². The van der Waals surface area contributed by atoms with E-state index in [0.717, 1.165) is 5.56 Å². The highest BCUT2D eigenvalue weighted by Crippen LogP contribution is 2.04. The molecule has 1 aromatic rings. The highest BCUT2D eigenvalue weighted by atomic mass is 16.5. The lowest BCUT2D eigenvalue weighted by atomic mass is 10.1. The van der Waals surface area contributed by atoms with Crippen molar-refractivity contribution < 1.29 is 29.3 Å². The molecule has 0 radical (unpaired) electrons. The quantitative estimate of drug-likeness (QED) is 0.671. The van der Waals surface area contributed by atoms with Crippen LogP contribution < -0.4 is 5.32 Å². The molecule has 1 aromatic carbocycles. The van der Waals surface area contributed by atoms with Crippen LogP contribution in [0.2, 0.25) is 0 Å². The predicted octanol–water partition coefficient (Wildman–Crippen LogP) is 1.62. The lowest BCUT2D eigenvalue weighted by molar-refractivity contribution is -0.141. The van der Waals surface area contributed by atoms with Crippen molar-refractivity contribution in [1.82, 2.24) is 5.32 Å². The third kappa shape index (κ3) is 6.95. The van der Waals surface area contributed by atoms with E-state index in [-0.39, 0.29) is 25.9 Å². The number of alkyl carbamates (subject to hydrolysis) is 1. The summed E-state index contributed by atoms with van der Waals surface area (Å²) >= 11 is 0. The van der Waals surface area contributed by atoms with Crippen molar-refractivity contribution >= 4 is 18.0 Å². The molecule has 1 unspecified atom stereocenters. The van der Waals surface area contributed by atoms with Gasteiger partial charge in [-0.2, -0.15) is 0 Å². The Bertz CT molecular complexity index is 487. The molecule has 0 saturated heterocycles. The molecule has 0 aliphatic heterocycles. The number of nitrogens with one attached hydrogen (secondary N) is 1. The number of carboxylic acid groups (broad SMARTS) is 2. The Kier molecular flexibility index (Phi) is 6.73. The van der Waals surface area contributed by atoms with Gasteiger partial charge in [0.05, 0.1) is 0 Å². The zero-order valence-electron chi connectivity index (χ0n) is 11.3. The molecule has 0 heterocycles. The largest absolute Gasteiger partial charge is 0.481 e. The van der Waals surface area contributed by atoms with Crippen molar-refractivity contribution in [2.45, 2.75) is 31.9 Å². The highest BCUT2D eigenvalue weighted by Gasteiger charge is 2.20. The van der Waals surface area contributed by atoms with E-state index in [0.29, 0.717) is 0 Å². The van der Waals surface area contributed by atoms with Crippen LogP contribution in [0.3, 0.4) is 0 Å². The van der Waals surface area contributed by atoms with Gasteiger partial charge in [-0.3, -0.25) is 4.79 Å². The number of amides is 1. The van der Waals surface area contributed by atoms with Crippen molar-refractivity contribution in [1.29, 1.82) is 0 Å². The summed E-state index contributed by atoms with van der Waals surface area (Å²) in [5.74, 6) is -2.23. The standard InChI is InChI=1S/C14H17NO6/c16-12(17)8-4-7-11(13(18)19)15-14(20)21-9-10-5-2-1-3-6-10/h1-3,5-6,11H,4,7-9H2,(H,15,20)(H,16,17)(H,18,19). The summed E-state index contributed by atoms with van der Waals surface area (Å²) in [4.78, 5) is 32.9. The van der Waals surface area contributed by atoms with Crippen LogP contribution in [0.25, 0.3) is 0 Å². The van der Waals surface area contributed by atoms with E-state index in [1.807, 2.05) is 6.07 Å². The van der Waals surface area contributed by atoms with Crippen molar-refractivity contribution in [2.24, 2.45) is 0 Å². The number of carboxylic acids is 2. The second-order valence-corrected chi connectivity index (χ2v) is 4.38. The molecule has 1 atom stereocenters. The first-order chi connectivity index (χ1) is 9.99. The second-order valence-electron chi connectivity index (χ2n) is 4.38. The number of hydrogen-bond acceptors (Lipinski definition) is 4. The average Bonchev–Trinajstić information content (AvgIpc) is 2.44. The van der Waals surface area contributed by atoms with Crippen LogP contribution in [0.15, 0.2) is 30.3 Å². The van der Waals surface area contributed by atoms with Crippen LogP contribution in [-0.2, 0) is 20.9 Å². The molecule has 7 nitrogen and oxygen atoms in total. The lowest BCUT2D eigenvalue weighted by Crippen LogP contribution is -2.41. The molecule has 114 valence electrons. The Balaban J connectivity index is 2.38. The van der Waals surface area contributed by atoms with Crippen molar-refractivity contribution in [2.75, 3.05) is 0 Å². The van der Waals surface area contributed by atoms with Crippen LogP contribution in [0.1, 0.15) is 24.8 Å². The van der Waals surface area contributed by atoms with Gasteiger partial charge in [0.15, 0.2) is 0 Å². The molecular weight excluding hydrogens is 278 g/mol. The summed E-state index contributed by atoms with van der Waals surface area (Å²) in [6, 6.07) is 7.80. The van der Waals surface area contributed by atoms with Crippen LogP contribution >= 0.6 is 0 Å². The Morgan fingerprint density at radius 3 is 2.38 bits per heavy atom. The van der Waals surface area contributed by atoms with Crippen LogP contribution in [0.4, 0.5) is 4.79 Å². The summed E-state index contributed by atoms with van der Waals surface area (Å²) in [6.45, 7) is 0.0359. The monoisotopic (exact) mass is 295 g/mol. The molecule has 1 rings (SSSR count). The van der Waals surface area contributed by atoms with E-state index < -0.39 is 24.1 Å². The summed E-state index contributed by atoms with van der Waals surface area (Å²) < 4.78 is 4.91. The number of aliphatic carboxylic acids is 2. The molecular formula is C14H17NO6. The molecule has 0 bridgehead atoms. The average molecular weight is 295 g/mol. The zero-order chi connectivity index (χ0) is 15.7. The van der Waals surface area contributed by atoms with Crippen molar-refractivity contribution in [3.63, 3.8) is 0 Å². The molecule has 0 fully saturated rings. The predicted molar refractivity (Wildman–Crippen MR) is 72.7 cm³/mol. The minimum Gasteiger partial charge on any atom is -0.481 e. The van der Waals surface area contributed by atoms with Crippen LogP contribution in [0.5, 0.6) is 0 Å². The third-order valence-corrected chi connectivity index (χ3v) is 2.69. The summed E-state index contributed by atoms with van der Waals surface area (Å²) in [5.41, 5.74) is 0.783. The van der Waals surface area contributed by atoms with Gasteiger partial charge in [-0.15, -0.1) is 0 Å². The summed E-state index contributed by atoms with van der Waals surface area (Å²) in [5, 5.41) is 19.7. The molecule has 0 saturated carbocycles. The second kappa shape index (κ2) is 8.57. The molecule has 7 heteroatoms. The maximum Gasteiger partial charge on any atom is 0.408 e. The number of rotatable bonds is 8. The summed E-state index contributed by atoms with van der Waals surface area (Å²) in [6.07, 6.45) is -0.806. The first-order valence-electron chi connectivity index (χ1n) is 6.41. The van der Waals surface area contributed by atoms with Gasteiger partial charge in [-0.25, -0.2) is 9.59 Å². The van der Waals surface area contributed by atoms with E-state index in [2.05, 4.69) is 5.32 Å². The zero-order valence-corrected chi connectivity index (χ0v) is 11.3. The summed E-state index contributed by atoms with van der Waals surface area (Å²) in [7, 11) is 0. The number of ether oxygens (including phenoxy) is 1. The van der Waals surface area contributed by atoms with Gasteiger partial charge in [0, 0.05) is 6.42 Å². The molecule has 0 aliphatic rings. The number of hydrogen-bond donors (Lipinski definition) is 3. The molecule has 21 heavy (non-hydrogen) atoms. The number of carbonyl (C=O) groups excluding carboxylic acids is 1. The van der Waals surface area contributed by atoms with E-state index >= 15 is 0 Å². The molecule has 3 N–H and O–H groups in total. The Morgan fingerprint density at radius 2 is 1.81 bits per heavy atom. The molecule has 0 aromatic heterocycles. The highest BCUT2D eigenvalue weighted by molar-refractivity contribution is 5.79. The fourth-order valence-electron chi connectivity index (χ4n) is 1.62. The van der Waals surface area contributed by atoms with Gasteiger partial charge < -0.3 is 20.3 Å². The SMILES string of the molecule is O=C(O)CCCC(NC(=O)OCc1ccccc1)C(=O)O. The topological polar surface area (TPSA) is 113 Å². The fraction of sp³-hybridized carbons (Fsp3) is 0.357. The van der Waals surface area contributed by atoms with Gasteiger partial charge in [-0.1, -0.05) is 30.3 Å². The van der Waals surface area contributed by atoms with E-state index in [4.69, 9.17) is 14.9 Å². The molecule has 0 spiro atoms. The minimum atomic E-state index is -1.22. The van der Waals surface area contributed by atoms with Crippen molar-refractivity contribution in [3.05, 3.63) is 35.9 Å². The third-order valence-electron chi connectivity index (χ3n) is 2.69. The smallest absolute Gasteiger partial charge is 0.408 e. The van der Waals surface area contributed by atoms with Gasteiger partial charge in [0.1, 0.15) is 12.6 Å². The van der Waals surface area contributed by atoms with Gasteiger partial charge >= 0.3 is 18.0 Å². The fourth-order valence-corrected chi connectivity index (χ4v) is 1.62. The minimum absolute atomic E-state index is 0.0298. The maximum atomic E-state index is 11.5. The number of carbonyl (C=O) groups is 3. The van der Waals surface area contributed by atoms with E-state index in [1.54, 1.807) is 24.3 Å². The normalized spacial score (nSPS) is 11.4. The Hall–Kier alpha value is -2.57. The van der Waals surface area contributed by atoms with E-state index in [9.17, 15) is 14.4 Å². The molecule has 1 amide bonds. The maximum absolute atomic E-state index is 11.5. The lowest BCUT2D eigenvalue weighted by Gasteiger charge is -2.14. The Labute approximate surface area is 121 Å². The van der Waals surface area contributed by atoms with Gasteiger partial charge in [-0.05, 0) is 18.4 Å². The van der Waals surface area contributed by atoms with Gasteiger partial charge in [0.2, 0.25) is 0 Å². The Morgan fingerprint density at radius 1 is 1.14 bits per heavy atom. The first-order valence-corrected chi connectivity index (χ1v) is 6.41. The van der Waals surface area contributed by atoms with Crippen LogP contribution in [-0.4, -0.2) is 34.3 Å².